The van der Waals surface area contributed by atoms with Gasteiger partial charge in [-0.25, -0.2) is 4.79 Å². The number of pyridine rings is 1. The van der Waals surface area contributed by atoms with Crippen LogP contribution in [0.2, 0.25) is 6.32 Å². The van der Waals surface area contributed by atoms with E-state index in [0.717, 1.165) is 28.3 Å². The molecule has 46 heavy (non-hydrogen) atoms. The van der Waals surface area contributed by atoms with Gasteiger partial charge in [0.25, 0.3) is 0 Å². The fourth-order valence-corrected chi connectivity index (χ4v) is 7.18. The molecule has 2 fully saturated rings. The molecule has 2 saturated heterocycles. The average molecular weight is 687 g/mol. The second-order valence-corrected chi connectivity index (χ2v) is 12.4. The quantitative estimate of drug-likeness (QED) is 0.179. The first-order valence-corrected chi connectivity index (χ1v) is 15.8. The molecule has 3 amide bonds. The molecule has 3 aliphatic rings. The number of para-hydroxylation sites is 1. The second-order valence-electron chi connectivity index (χ2n) is 11.5. The van der Waals surface area contributed by atoms with Crippen LogP contribution >= 0.6 is 15.9 Å². The van der Waals surface area contributed by atoms with E-state index in [1.165, 1.54) is 0 Å². The summed E-state index contributed by atoms with van der Waals surface area (Å²) in [4.78, 5) is 44.6. The summed E-state index contributed by atoms with van der Waals surface area (Å²) in [6, 6.07) is 20.0. The van der Waals surface area contributed by atoms with Gasteiger partial charge in [0.15, 0.2) is 0 Å². The number of phenols is 1. The van der Waals surface area contributed by atoms with Crippen LogP contribution in [0.3, 0.4) is 0 Å². The number of carbonyl (C=O) groups excluding carboxylic acids is 3. The SMILES string of the molecule is COC(=O)N1C(=O)[C@@H]2[C@@H](CC(COc3ccccc3)=C3[C@@H](CC/C(=C/c4cc(Br)ccc4O)c4ccccn4)OB(O)C[C@@H]32)C1=O. The number of fused-ring (bicyclic) bond motifs is 3. The summed E-state index contributed by atoms with van der Waals surface area (Å²) in [6.07, 6.45) is 3.06. The lowest BCUT2D eigenvalue weighted by Gasteiger charge is -2.43. The molecule has 236 valence electrons. The van der Waals surface area contributed by atoms with Crippen molar-refractivity contribution in [3.63, 3.8) is 0 Å². The highest BCUT2D eigenvalue weighted by Crippen LogP contribution is 2.51. The summed E-state index contributed by atoms with van der Waals surface area (Å²) in [5.74, 6) is -2.66. The van der Waals surface area contributed by atoms with Crippen LogP contribution in [0.15, 0.2) is 88.5 Å². The first-order valence-electron chi connectivity index (χ1n) is 15.0. The zero-order chi connectivity index (χ0) is 32.4. The molecule has 3 heterocycles. The molecule has 12 heteroatoms. The maximum atomic E-state index is 13.6. The van der Waals surface area contributed by atoms with E-state index in [1.807, 2.05) is 60.7 Å². The maximum Gasteiger partial charge on any atom is 0.455 e. The van der Waals surface area contributed by atoms with Crippen molar-refractivity contribution < 1.29 is 38.6 Å². The van der Waals surface area contributed by atoms with Crippen molar-refractivity contribution in [1.82, 2.24) is 9.88 Å². The van der Waals surface area contributed by atoms with Crippen LogP contribution in [0.5, 0.6) is 11.5 Å². The largest absolute Gasteiger partial charge is 0.507 e. The third-order valence-electron chi connectivity index (χ3n) is 8.81. The number of carbonyl (C=O) groups is 3. The normalized spacial score (nSPS) is 22.9. The molecule has 3 aromatic rings. The molecule has 0 spiro atoms. The fraction of sp³-hybridized carbons (Fsp3) is 0.294. The number of hydrogen-bond acceptors (Lipinski definition) is 9. The highest BCUT2D eigenvalue weighted by atomic mass is 79.9. The molecule has 10 nitrogen and oxygen atoms in total. The van der Waals surface area contributed by atoms with Crippen LogP contribution in [0.4, 0.5) is 4.79 Å². The second kappa shape index (κ2) is 13.6. The van der Waals surface area contributed by atoms with Crippen molar-refractivity contribution in [2.45, 2.75) is 31.7 Å². The van der Waals surface area contributed by atoms with Crippen LogP contribution in [0.1, 0.15) is 30.5 Å². The summed E-state index contributed by atoms with van der Waals surface area (Å²) >= 11 is 3.47. The van der Waals surface area contributed by atoms with E-state index in [-0.39, 0.29) is 25.1 Å². The molecule has 2 aromatic carbocycles. The smallest absolute Gasteiger partial charge is 0.455 e. The van der Waals surface area contributed by atoms with E-state index in [2.05, 4.69) is 20.9 Å². The van der Waals surface area contributed by atoms with Gasteiger partial charge in [0.1, 0.15) is 18.1 Å². The molecule has 1 aromatic heterocycles. The molecule has 2 aliphatic heterocycles. The van der Waals surface area contributed by atoms with Crippen LogP contribution in [-0.2, 0) is 19.0 Å². The van der Waals surface area contributed by atoms with Crippen LogP contribution < -0.4 is 4.74 Å². The zero-order valence-electron chi connectivity index (χ0n) is 25.0. The Morgan fingerprint density at radius 1 is 1.11 bits per heavy atom. The Morgan fingerprint density at radius 2 is 1.89 bits per heavy atom. The molecule has 0 saturated carbocycles. The number of phenolic OH excluding ortho intramolecular Hbond substituents is 1. The first kappa shape index (κ1) is 31.7. The van der Waals surface area contributed by atoms with Crippen molar-refractivity contribution in [2.75, 3.05) is 13.7 Å². The Kier molecular flexibility index (Phi) is 9.39. The van der Waals surface area contributed by atoms with Crippen molar-refractivity contribution in [1.29, 1.82) is 0 Å². The maximum absolute atomic E-state index is 13.6. The van der Waals surface area contributed by atoms with Crippen LogP contribution in [-0.4, -0.2) is 64.9 Å². The number of methoxy groups -OCH3 is 1. The summed E-state index contributed by atoms with van der Waals surface area (Å²) in [5, 5.41) is 21.5. The standard InChI is InChI=1S/C34H32BBrN2O8/c1-44-34(42)38-32(40)25-17-22(19-45-24-7-3-2-4-8-24)30-26(31(25)33(38)41)18-35(43)46-29(30)13-10-20(27-9-5-6-14-37-27)15-21-16-23(36)11-12-28(21)39/h2-9,11-12,14-16,25-26,29,31,39,43H,10,13,17-19H2,1H3/b20-15-/t25-,26+,29-,31-/m1/s1. The Hall–Kier alpha value is -4.26. The van der Waals surface area contributed by atoms with E-state index >= 15 is 0 Å². The number of amides is 3. The number of imide groups is 3. The lowest BCUT2D eigenvalue weighted by Crippen LogP contribution is -2.46. The van der Waals surface area contributed by atoms with Crippen molar-refractivity contribution in [3.8, 4) is 11.5 Å². The molecule has 6 rings (SSSR count). The minimum absolute atomic E-state index is 0.0880. The van der Waals surface area contributed by atoms with E-state index in [1.54, 1.807) is 18.3 Å². The number of nitrogens with zero attached hydrogens (tertiary/aromatic N) is 2. The number of ether oxygens (including phenoxy) is 2. The summed E-state index contributed by atoms with van der Waals surface area (Å²) < 4.78 is 17.9. The highest BCUT2D eigenvalue weighted by molar-refractivity contribution is 9.10. The number of hydrogen-bond donors (Lipinski definition) is 2. The molecule has 4 atom stereocenters. The zero-order valence-corrected chi connectivity index (χ0v) is 26.6. The van der Waals surface area contributed by atoms with E-state index in [0.29, 0.717) is 34.7 Å². The lowest BCUT2D eigenvalue weighted by molar-refractivity contribution is -0.137. The van der Waals surface area contributed by atoms with Crippen LogP contribution in [0.25, 0.3) is 11.6 Å². The van der Waals surface area contributed by atoms with Crippen LogP contribution in [0, 0.1) is 17.8 Å². The minimum Gasteiger partial charge on any atom is -0.507 e. The molecule has 2 N–H and O–H groups in total. The van der Waals surface area contributed by atoms with E-state index in [9.17, 15) is 24.5 Å². The summed E-state index contributed by atoms with van der Waals surface area (Å²) in [5.41, 5.74) is 3.75. The number of rotatable bonds is 8. The molecular formula is C34H32BBrN2O8. The summed E-state index contributed by atoms with van der Waals surface area (Å²) in [7, 11) is -0.0667. The highest BCUT2D eigenvalue weighted by Gasteiger charge is 2.59. The first-order chi connectivity index (χ1) is 22.2. The van der Waals surface area contributed by atoms with Gasteiger partial charge in [-0.2, -0.15) is 4.90 Å². The molecule has 1 aliphatic carbocycles. The van der Waals surface area contributed by atoms with Gasteiger partial charge in [0, 0.05) is 16.2 Å². The Balaban J connectivity index is 1.37. The number of halogens is 1. The minimum atomic E-state index is -1.19. The molecule has 0 bridgehead atoms. The Bertz CT molecular complexity index is 1700. The van der Waals surface area contributed by atoms with Gasteiger partial charge in [-0.05, 0) is 96.8 Å². The summed E-state index contributed by atoms with van der Waals surface area (Å²) in [6.45, 7) is 0.142. The predicted molar refractivity (Wildman–Crippen MR) is 173 cm³/mol. The average Bonchev–Trinajstić information content (AvgIpc) is 3.32. The topological polar surface area (TPSA) is 135 Å². The van der Waals surface area contributed by atoms with Gasteiger partial charge >= 0.3 is 13.2 Å². The van der Waals surface area contributed by atoms with Gasteiger partial charge in [-0.15, -0.1) is 0 Å². The van der Waals surface area contributed by atoms with E-state index < -0.39 is 48.9 Å². The third-order valence-corrected chi connectivity index (χ3v) is 9.30. The van der Waals surface area contributed by atoms with Gasteiger partial charge in [0.2, 0.25) is 11.8 Å². The van der Waals surface area contributed by atoms with Gasteiger partial charge in [0.05, 0.1) is 30.7 Å². The van der Waals surface area contributed by atoms with Crippen molar-refractivity contribution in [2.24, 2.45) is 17.8 Å². The lowest BCUT2D eigenvalue weighted by atomic mass is 9.58. The predicted octanol–water partition coefficient (Wildman–Crippen LogP) is 5.51. The number of benzene rings is 2. The van der Waals surface area contributed by atoms with Crippen molar-refractivity contribution in [3.05, 3.63) is 99.8 Å². The Labute approximate surface area is 275 Å². The molecule has 0 unspecified atom stereocenters. The molecular weight excluding hydrogens is 655 g/mol. The third kappa shape index (κ3) is 6.37. The van der Waals surface area contributed by atoms with Crippen molar-refractivity contribution >= 4 is 52.6 Å². The number of aromatic nitrogens is 1. The number of likely N-dealkylation sites (tertiary alicyclic amines) is 1. The monoisotopic (exact) mass is 686 g/mol. The Morgan fingerprint density at radius 3 is 2.63 bits per heavy atom. The van der Waals surface area contributed by atoms with E-state index in [4.69, 9.17) is 14.1 Å². The number of allylic oxidation sites excluding steroid dienone is 1. The number of aromatic hydroxyl groups is 1. The van der Waals surface area contributed by atoms with Gasteiger partial charge < -0.3 is 24.3 Å². The molecule has 0 radical (unpaired) electrons. The van der Waals surface area contributed by atoms with Gasteiger partial charge in [-0.1, -0.05) is 40.2 Å². The van der Waals surface area contributed by atoms with Gasteiger partial charge in [-0.3, -0.25) is 14.6 Å². The fourth-order valence-electron chi connectivity index (χ4n) is 6.80.